The average Bonchev–Trinajstić information content (AvgIpc) is 3.54. The zero-order valence-electron chi connectivity index (χ0n) is 19.4. The number of nitrogens with one attached hydrogen (secondary N) is 2. The highest BCUT2D eigenvalue weighted by Crippen LogP contribution is 2.38. The van der Waals surface area contributed by atoms with E-state index in [2.05, 4.69) is 39.8 Å². The smallest absolute Gasteiger partial charge is 0.225 e. The number of amides is 1. The highest BCUT2D eigenvalue weighted by Gasteiger charge is 2.40. The lowest BCUT2D eigenvalue weighted by molar-refractivity contribution is -0.127. The molecule has 176 valence electrons. The number of anilines is 1. The third kappa shape index (κ3) is 3.94. The highest BCUT2D eigenvalue weighted by atomic mass is 16.5. The first kappa shape index (κ1) is 21.2. The summed E-state index contributed by atoms with van der Waals surface area (Å²) in [5, 5.41) is 7.45. The molecule has 7 heteroatoms. The number of hydrogen-bond donors (Lipinski definition) is 2. The Morgan fingerprint density at radius 3 is 2.62 bits per heavy atom. The Bertz CT molecular complexity index is 1210. The molecule has 3 fully saturated rings. The summed E-state index contributed by atoms with van der Waals surface area (Å²) in [7, 11) is 1.67. The van der Waals surface area contributed by atoms with Crippen molar-refractivity contribution >= 4 is 22.5 Å². The Morgan fingerprint density at radius 2 is 1.85 bits per heavy atom. The molecule has 3 unspecified atom stereocenters. The Hall–Kier alpha value is -3.32. The summed E-state index contributed by atoms with van der Waals surface area (Å²) >= 11 is 0. The lowest BCUT2D eigenvalue weighted by atomic mass is 9.89. The summed E-state index contributed by atoms with van der Waals surface area (Å²) in [4.78, 5) is 19.8. The molecule has 3 aliphatic rings. The maximum Gasteiger partial charge on any atom is 0.225 e. The van der Waals surface area contributed by atoms with Crippen molar-refractivity contribution in [3.8, 4) is 22.8 Å². The molecule has 3 saturated heterocycles. The van der Waals surface area contributed by atoms with Crippen molar-refractivity contribution in [1.82, 2.24) is 15.6 Å². The van der Waals surface area contributed by atoms with Gasteiger partial charge in [0.05, 0.1) is 24.2 Å². The average molecular weight is 459 g/mol. The first-order valence-electron chi connectivity index (χ1n) is 12.2. The van der Waals surface area contributed by atoms with E-state index >= 15 is 0 Å². The maximum absolute atomic E-state index is 12.5. The Balaban J connectivity index is 1.36. The second-order valence-corrected chi connectivity index (χ2v) is 9.52. The number of rotatable bonds is 5. The Labute approximate surface area is 199 Å². The molecule has 0 saturated carbocycles. The van der Waals surface area contributed by atoms with Crippen LogP contribution in [0.4, 0.5) is 5.69 Å². The van der Waals surface area contributed by atoms with Crippen LogP contribution in [0.2, 0.25) is 0 Å². The van der Waals surface area contributed by atoms with Gasteiger partial charge >= 0.3 is 0 Å². The minimum Gasteiger partial charge on any atom is -0.497 e. The van der Waals surface area contributed by atoms with E-state index in [9.17, 15) is 4.79 Å². The minimum atomic E-state index is 0.0557. The number of nitrogens with zero attached hydrogens (tertiary/aromatic N) is 2. The van der Waals surface area contributed by atoms with Gasteiger partial charge < -0.3 is 25.0 Å². The van der Waals surface area contributed by atoms with E-state index < -0.39 is 0 Å². The van der Waals surface area contributed by atoms with Crippen LogP contribution in [-0.4, -0.2) is 56.8 Å². The largest absolute Gasteiger partial charge is 0.497 e. The van der Waals surface area contributed by atoms with Gasteiger partial charge in [0.1, 0.15) is 17.6 Å². The number of pyridine rings is 1. The van der Waals surface area contributed by atoms with Crippen LogP contribution in [0.3, 0.4) is 0 Å². The van der Waals surface area contributed by atoms with Gasteiger partial charge in [-0.05, 0) is 67.8 Å². The van der Waals surface area contributed by atoms with Crippen molar-refractivity contribution in [3.05, 3.63) is 48.5 Å². The minimum absolute atomic E-state index is 0.0557. The number of hydrogen-bond acceptors (Lipinski definition) is 6. The topological polar surface area (TPSA) is 75.7 Å². The summed E-state index contributed by atoms with van der Waals surface area (Å²) in [6, 6.07) is 16.4. The van der Waals surface area contributed by atoms with Crippen LogP contribution in [0.25, 0.3) is 22.2 Å². The van der Waals surface area contributed by atoms with Crippen LogP contribution in [-0.2, 0) is 4.79 Å². The first-order valence-corrected chi connectivity index (χ1v) is 12.2. The van der Waals surface area contributed by atoms with Gasteiger partial charge in [0.15, 0.2) is 0 Å². The third-order valence-corrected chi connectivity index (χ3v) is 7.40. The van der Waals surface area contributed by atoms with E-state index in [1.807, 2.05) is 24.3 Å². The first-order chi connectivity index (χ1) is 16.7. The van der Waals surface area contributed by atoms with E-state index in [0.717, 1.165) is 84.9 Å². The van der Waals surface area contributed by atoms with Gasteiger partial charge in [-0.2, -0.15) is 0 Å². The second-order valence-electron chi connectivity index (χ2n) is 9.52. The van der Waals surface area contributed by atoms with E-state index in [1.165, 1.54) is 0 Å². The van der Waals surface area contributed by atoms with Gasteiger partial charge in [0, 0.05) is 48.9 Å². The molecule has 4 heterocycles. The van der Waals surface area contributed by atoms with E-state index in [0.29, 0.717) is 5.92 Å². The van der Waals surface area contributed by atoms with Crippen molar-refractivity contribution in [2.24, 2.45) is 11.8 Å². The van der Waals surface area contributed by atoms with Crippen LogP contribution in [0.15, 0.2) is 48.5 Å². The van der Waals surface area contributed by atoms with Gasteiger partial charge in [0.25, 0.3) is 0 Å². The van der Waals surface area contributed by atoms with Crippen LogP contribution in [0.5, 0.6) is 11.5 Å². The number of methoxy groups -OCH3 is 1. The zero-order valence-corrected chi connectivity index (χ0v) is 19.4. The van der Waals surface area contributed by atoms with Crippen molar-refractivity contribution in [3.63, 3.8) is 0 Å². The lowest BCUT2D eigenvalue weighted by Crippen LogP contribution is -2.41. The lowest BCUT2D eigenvalue weighted by Gasteiger charge is -2.23. The molecule has 3 atom stereocenters. The predicted octanol–water partition coefficient (Wildman–Crippen LogP) is 3.22. The Morgan fingerprint density at radius 1 is 1.00 bits per heavy atom. The van der Waals surface area contributed by atoms with Crippen molar-refractivity contribution in [2.75, 3.05) is 44.7 Å². The fourth-order valence-electron chi connectivity index (χ4n) is 5.52. The number of aromatic nitrogens is 1. The number of fused-ring (bicyclic) bond motifs is 2. The second kappa shape index (κ2) is 8.80. The number of carbonyl (C=O) groups is 1. The van der Waals surface area contributed by atoms with Gasteiger partial charge in [-0.1, -0.05) is 0 Å². The molecule has 7 nitrogen and oxygen atoms in total. The molecule has 3 aliphatic heterocycles. The molecule has 2 N–H and O–H groups in total. The standard InChI is InChI=1S/C27H30N4O3/c1-33-20-6-7-22-25(12-20)30-24(17-2-4-19(5-3-17)34-21-9-10-28-14-21)13-26(22)31-15-18-8-11-29-27(32)23(18)16-31/h2-7,12-13,18,21,23,28H,8-11,14-16H2,1H3,(H,29,32). The van der Waals surface area contributed by atoms with E-state index in [1.54, 1.807) is 7.11 Å². The number of benzene rings is 2. The van der Waals surface area contributed by atoms with Gasteiger partial charge in [-0.3, -0.25) is 4.79 Å². The quantitative estimate of drug-likeness (QED) is 0.612. The molecule has 1 amide bonds. The fraction of sp³-hybridized carbons (Fsp3) is 0.407. The molecule has 0 bridgehead atoms. The van der Waals surface area contributed by atoms with Crippen molar-refractivity contribution < 1.29 is 14.3 Å². The molecule has 0 spiro atoms. The van der Waals surface area contributed by atoms with Gasteiger partial charge in [0.2, 0.25) is 5.91 Å². The molecule has 0 aliphatic carbocycles. The summed E-state index contributed by atoms with van der Waals surface area (Å²) in [6.45, 7) is 4.32. The van der Waals surface area contributed by atoms with Crippen molar-refractivity contribution in [1.29, 1.82) is 0 Å². The van der Waals surface area contributed by atoms with E-state index in [4.69, 9.17) is 14.5 Å². The molecule has 2 aromatic carbocycles. The normalized spacial score (nSPS) is 24.2. The van der Waals surface area contributed by atoms with Gasteiger partial charge in [-0.15, -0.1) is 0 Å². The van der Waals surface area contributed by atoms with Crippen LogP contribution < -0.4 is 25.0 Å². The highest BCUT2D eigenvalue weighted by molar-refractivity contribution is 5.95. The van der Waals surface area contributed by atoms with Crippen LogP contribution in [0.1, 0.15) is 12.8 Å². The summed E-state index contributed by atoms with van der Waals surface area (Å²) in [6.07, 6.45) is 2.31. The van der Waals surface area contributed by atoms with Gasteiger partial charge in [-0.25, -0.2) is 4.98 Å². The molecular formula is C27H30N4O3. The molecule has 34 heavy (non-hydrogen) atoms. The number of ether oxygens (including phenoxy) is 2. The fourth-order valence-corrected chi connectivity index (χ4v) is 5.52. The molecule has 3 aromatic rings. The van der Waals surface area contributed by atoms with Crippen LogP contribution >= 0.6 is 0 Å². The molecule has 6 rings (SSSR count). The summed E-state index contributed by atoms with van der Waals surface area (Å²) in [5.74, 6) is 2.31. The Kier molecular flexibility index (Phi) is 5.49. The molecule has 0 radical (unpaired) electrons. The number of carbonyl (C=O) groups excluding carboxylic acids is 1. The summed E-state index contributed by atoms with van der Waals surface area (Å²) in [5.41, 5.74) is 3.96. The third-order valence-electron chi connectivity index (χ3n) is 7.40. The summed E-state index contributed by atoms with van der Waals surface area (Å²) < 4.78 is 11.6. The molecular weight excluding hydrogens is 428 g/mol. The maximum atomic E-state index is 12.5. The SMILES string of the molecule is COc1ccc2c(N3CC4CCNC(=O)C4C3)cc(-c3ccc(OC4CCNC4)cc3)nc2c1. The number of piperidine rings is 1. The monoisotopic (exact) mass is 458 g/mol. The van der Waals surface area contributed by atoms with E-state index in [-0.39, 0.29) is 17.9 Å². The van der Waals surface area contributed by atoms with Crippen LogP contribution in [0, 0.1) is 11.8 Å². The predicted molar refractivity (Wildman–Crippen MR) is 132 cm³/mol. The van der Waals surface area contributed by atoms with Crippen molar-refractivity contribution in [2.45, 2.75) is 18.9 Å². The zero-order chi connectivity index (χ0) is 23.1. The molecule has 1 aromatic heterocycles.